The monoisotopic (exact) mass is 213 g/mol. The predicted molar refractivity (Wildman–Crippen MR) is 61.8 cm³/mol. The molecular weight excluding hydrogens is 190 g/mol. The second-order valence-electron chi connectivity index (χ2n) is 4.23. The lowest BCUT2D eigenvalue weighted by Crippen LogP contribution is -2.42. The van der Waals surface area contributed by atoms with Gasteiger partial charge in [-0.05, 0) is 33.0 Å². The molecule has 1 rings (SSSR count). The number of nitrogens with zero attached hydrogens (tertiary/aromatic N) is 1. The highest BCUT2D eigenvalue weighted by Crippen LogP contribution is 2.09. The lowest BCUT2D eigenvalue weighted by Gasteiger charge is -2.22. The first-order chi connectivity index (χ1) is 7.24. The van der Waals surface area contributed by atoms with Gasteiger partial charge in [0.1, 0.15) is 0 Å². The molecule has 0 radical (unpaired) electrons. The molecule has 0 aromatic rings. The Hall–Kier alpha value is -0.610. The molecule has 0 spiro atoms. The summed E-state index contributed by atoms with van der Waals surface area (Å²) in [5.41, 5.74) is 0. The zero-order valence-corrected chi connectivity index (χ0v) is 9.88. The van der Waals surface area contributed by atoms with E-state index in [-0.39, 0.29) is 11.8 Å². The molecule has 1 aliphatic rings. The van der Waals surface area contributed by atoms with Gasteiger partial charge in [-0.25, -0.2) is 0 Å². The van der Waals surface area contributed by atoms with Crippen LogP contribution in [-0.4, -0.2) is 50.6 Å². The Balaban J connectivity index is 2.12. The Morgan fingerprint density at radius 3 is 3.00 bits per heavy atom. The highest BCUT2D eigenvalue weighted by molar-refractivity contribution is 5.78. The molecule has 0 aromatic carbocycles. The van der Waals surface area contributed by atoms with Crippen molar-refractivity contribution >= 4 is 5.91 Å². The molecule has 2 N–H and O–H groups in total. The second-order valence-corrected chi connectivity index (χ2v) is 4.23. The number of hydrogen-bond acceptors (Lipinski definition) is 3. The first-order valence-corrected chi connectivity index (χ1v) is 5.91. The minimum absolute atomic E-state index is 0.186. The molecule has 0 unspecified atom stereocenters. The van der Waals surface area contributed by atoms with Crippen LogP contribution in [0.25, 0.3) is 0 Å². The molecule has 88 valence electrons. The van der Waals surface area contributed by atoms with Gasteiger partial charge in [0.05, 0.1) is 5.92 Å². The normalized spacial score (nSPS) is 21.7. The average Bonchev–Trinajstić information content (AvgIpc) is 2.29. The van der Waals surface area contributed by atoms with E-state index in [9.17, 15) is 4.79 Å². The van der Waals surface area contributed by atoms with Crippen LogP contribution in [0.2, 0.25) is 0 Å². The summed E-state index contributed by atoms with van der Waals surface area (Å²) in [5, 5.41) is 6.25. The molecular formula is C11H23N3O. The van der Waals surface area contributed by atoms with E-state index < -0.39 is 0 Å². The Labute approximate surface area is 92.4 Å². The molecule has 1 atom stereocenters. The van der Waals surface area contributed by atoms with E-state index in [1.54, 1.807) is 0 Å². The van der Waals surface area contributed by atoms with Crippen molar-refractivity contribution in [2.24, 2.45) is 5.92 Å². The first-order valence-electron chi connectivity index (χ1n) is 5.91. The third kappa shape index (κ3) is 4.62. The van der Waals surface area contributed by atoms with E-state index in [2.05, 4.69) is 29.5 Å². The van der Waals surface area contributed by atoms with Crippen LogP contribution in [0, 0.1) is 5.92 Å². The predicted octanol–water partition coefficient (Wildman–Crippen LogP) is 0.0539. The van der Waals surface area contributed by atoms with Crippen molar-refractivity contribution in [3.63, 3.8) is 0 Å². The van der Waals surface area contributed by atoms with Crippen LogP contribution in [0.1, 0.15) is 19.8 Å². The summed E-state index contributed by atoms with van der Waals surface area (Å²) in [5.74, 6) is 0.400. The van der Waals surface area contributed by atoms with Gasteiger partial charge in [0.25, 0.3) is 0 Å². The molecule has 1 amide bonds. The van der Waals surface area contributed by atoms with Gasteiger partial charge in [-0.2, -0.15) is 0 Å². The highest BCUT2D eigenvalue weighted by Gasteiger charge is 2.19. The quantitative estimate of drug-likeness (QED) is 0.678. The molecule has 1 fully saturated rings. The maximum Gasteiger partial charge on any atom is 0.224 e. The summed E-state index contributed by atoms with van der Waals surface area (Å²) >= 11 is 0. The largest absolute Gasteiger partial charge is 0.355 e. The third-order valence-electron chi connectivity index (χ3n) is 3.00. The lowest BCUT2D eigenvalue weighted by atomic mass is 9.99. The van der Waals surface area contributed by atoms with Crippen LogP contribution >= 0.6 is 0 Å². The van der Waals surface area contributed by atoms with Gasteiger partial charge in [0.15, 0.2) is 0 Å². The number of carbonyl (C=O) groups is 1. The topological polar surface area (TPSA) is 44.4 Å². The molecule has 4 nitrogen and oxygen atoms in total. The Morgan fingerprint density at radius 1 is 1.60 bits per heavy atom. The molecule has 0 bridgehead atoms. The van der Waals surface area contributed by atoms with Crippen LogP contribution in [0.4, 0.5) is 0 Å². The molecule has 15 heavy (non-hydrogen) atoms. The second kappa shape index (κ2) is 6.80. The minimum atomic E-state index is 0.186. The van der Waals surface area contributed by atoms with E-state index in [1.165, 1.54) is 0 Å². The maximum absolute atomic E-state index is 11.7. The minimum Gasteiger partial charge on any atom is -0.355 e. The van der Waals surface area contributed by atoms with Gasteiger partial charge in [-0.3, -0.25) is 4.79 Å². The number of rotatable bonds is 5. The van der Waals surface area contributed by atoms with Crippen molar-refractivity contribution in [1.82, 2.24) is 15.5 Å². The van der Waals surface area contributed by atoms with Crippen LogP contribution in [0.5, 0.6) is 0 Å². The van der Waals surface area contributed by atoms with Crippen molar-refractivity contribution < 1.29 is 4.79 Å². The van der Waals surface area contributed by atoms with Gasteiger partial charge in [0.2, 0.25) is 5.91 Å². The van der Waals surface area contributed by atoms with E-state index in [0.29, 0.717) is 0 Å². The molecule has 0 aliphatic carbocycles. The molecule has 4 heteroatoms. The van der Waals surface area contributed by atoms with E-state index >= 15 is 0 Å². The fourth-order valence-electron chi connectivity index (χ4n) is 1.75. The Morgan fingerprint density at radius 2 is 2.40 bits per heavy atom. The van der Waals surface area contributed by atoms with Crippen molar-refractivity contribution in [3.8, 4) is 0 Å². The van der Waals surface area contributed by atoms with E-state index in [0.717, 1.165) is 45.6 Å². The zero-order chi connectivity index (χ0) is 11.1. The van der Waals surface area contributed by atoms with E-state index in [1.807, 2.05) is 0 Å². The zero-order valence-electron chi connectivity index (χ0n) is 9.88. The summed E-state index contributed by atoms with van der Waals surface area (Å²) in [4.78, 5) is 13.9. The van der Waals surface area contributed by atoms with Crippen LogP contribution in [0.3, 0.4) is 0 Å². The highest BCUT2D eigenvalue weighted by atomic mass is 16.1. The van der Waals surface area contributed by atoms with Gasteiger partial charge in [-0.15, -0.1) is 0 Å². The lowest BCUT2D eigenvalue weighted by molar-refractivity contribution is -0.125. The number of likely N-dealkylation sites (N-methyl/N-ethyl adjacent to an activating group) is 1. The van der Waals surface area contributed by atoms with Gasteiger partial charge in [0, 0.05) is 19.6 Å². The molecule has 1 aliphatic heterocycles. The summed E-state index contributed by atoms with van der Waals surface area (Å²) < 4.78 is 0. The average molecular weight is 213 g/mol. The SMILES string of the molecule is CCN(C)CCNC(=O)[C@@H]1CCCNC1. The third-order valence-corrected chi connectivity index (χ3v) is 3.00. The van der Waals surface area contributed by atoms with Gasteiger partial charge < -0.3 is 15.5 Å². The standard InChI is InChI=1S/C11H23N3O/c1-3-14(2)8-7-13-11(15)10-5-4-6-12-9-10/h10,12H,3-9H2,1-2H3,(H,13,15)/t10-/m1/s1. The van der Waals surface area contributed by atoms with Crippen LogP contribution in [-0.2, 0) is 4.79 Å². The van der Waals surface area contributed by atoms with E-state index in [4.69, 9.17) is 0 Å². The fourth-order valence-corrected chi connectivity index (χ4v) is 1.75. The molecule has 0 aromatic heterocycles. The Bertz CT molecular complexity index is 190. The summed E-state index contributed by atoms with van der Waals surface area (Å²) in [7, 11) is 2.06. The Kier molecular flexibility index (Phi) is 5.65. The number of carbonyl (C=O) groups excluding carboxylic acids is 1. The van der Waals surface area contributed by atoms with Gasteiger partial charge in [-0.1, -0.05) is 6.92 Å². The first kappa shape index (κ1) is 12.5. The number of amides is 1. The number of nitrogens with one attached hydrogen (secondary N) is 2. The van der Waals surface area contributed by atoms with Crippen molar-refractivity contribution in [2.45, 2.75) is 19.8 Å². The summed E-state index contributed by atoms with van der Waals surface area (Å²) in [6.07, 6.45) is 2.15. The molecule has 1 heterocycles. The maximum atomic E-state index is 11.7. The summed E-state index contributed by atoms with van der Waals surface area (Å²) in [6.45, 7) is 6.74. The van der Waals surface area contributed by atoms with Crippen LogP contribution < -0.4 is 10.6 Å². The fraction of sp³-hybridized carbons (Fsp3) is 0.909. The molecule has 0 saturated carbocycles. The van der Waals surface area contributed by atoms with Crippen molar-refractivity contribution in [3.05, 3.63) is 0 Å². The molecule has 1 saturated heterocycles. The van der Waals surface area contributed by atoms with Crippen LogP contribution in [0.15, 0.2) is 0 Å². The van der Waals surface area contributed by atoms with Gasteiger partial charge >= 0.3 is 0 Å². The smallest absolute Gasteiger partial charge is 0.224 e. The van der Waals surface area contributed by atoms with Crippen molar-refractivity contribution in [2.75, 3.05) is 39.8 Å². The number of hydrogen-bond donors (Lipinski definition) is 2. The van der Waals surface area contributed by atoms with Crippen molar-refractivity contribution in [1.29, 1.82) is 0 Å². The summed E-state index contributed by atoms with van der Waals surface area (Å²) in [6, 6.07) is 0. The number of piperidine rings is 1.